The van der Waals surface area contributed by atoms with Crippen molar-refractivity contribution >= 4 is 11.6 Å². The van der Waals surface area contributed by atoms with Crippen LogP contribution in [-0.4, -0.2) is 32.6 Å². The Bertz CT molecular complexity index is 1190. The molecular formula is C24H25N5O2. The summed E-state index contributed by atoms with van der Waals surface area (Å²) in [4.78, 5) is 22.2. The molecule has 0 radical (unpaired) electrons. The molecule has 1 N–H and O–H groups in total. The number of carbonyl (C=O) groups excluding carboxylic acids is 1. The average molecular weight is 415 g/mol. The van der Waals surface area contributed by atoms with Gasteiger partial charge in [-0.2, -0.15) is 0 Å². The van der Waals surface area contributed by atoms with E-state index in [-0.39, 0.29) is 17.9 Å². The summed E-state index contributed by atoms with van der Waals surface area (Å²) in [6, 6.07) is 9.40. The van der Waals surface area contributed by atoms with Gasteiger partial charge in [-0.1, -0.05) is 12.2 Å². The molecule has 0 saturated heterocycles. The van der Waals surface area contributed by atoms with E-state index in [0.717, 1.165) is 23.4 Å². The first kappa shape index (κ1) is 18.5. The lowest BCUT2D eigenvalue weighted by Gasteiger charge is -2.21. The van der Waals surface area contributed by atoms with Crippen molar-refractivity contribution in [3.05, 3.63) is 54.6 Å². The lowest BCUT2D eigenvalue weighted by Crippen LogP contribution is -2.35. The standard InChI is InChI=1S/C24H25N5O2/c1-14(26-23(30)18-11-16-5-8-19(18)24(16)9-10-24)22-27-21-12-20(25-13-29(21)28-22)15-3-6-17(31-2)7-4-15/h3-8,12-14,16,18-19H,9-11H2,1-2H3,(H,26,30)/t14-,16-,18-,19-/m0/s1. The number of ether oxygens (including phenoxy) is 1. The summed E-state index contributed by atoms with van der Waals surface area (Å²) in [5.41, 5.74) is 2.91. The number of rotatable bonds is 5. The second-order valence-electron chi connectivity index (χ2n) is 9.10. The minimum Gasteiger partial charge on any atom is -0.497 e. The molecule has 3 aliphatic rings. The highest BCUT2D eigenvalue weighted by Gasteiger charge is 2.64. The van der Waals surface area contributed by atoms with Crippen molar-refractivity contribution in [2.75, 3.05) is 7.11 Å². The number of nitrogens with zero attached hydrogens (tertiary/aromatic N) is 4. The Hall–Kier alpha value is -3.22. The molecule has 3 aromatic rings. The molecule has 1 aromatic carbocycles. The molecule has 7 nitrogen and oxygen atoms in total. The van der Waals surface area contributed by atoms with Crippen LogP contribution in [0.4, 0.5) is 0 Å². The van der Waals surface area contributed by atoms with Gasteiger partial charge in [-0.05, 0) is 67.7 Å². The Balaban J connectivity index is 1.19. The first-order valence-corrected chi connectivity index (χ1v) is 10.9. The van der Waals surface area contributed by atoms with Gasteiger partial charge in [0, 0.05) is 17.5 Å². The number of aromatic nitrogens is 4. The van der Waals surface area contributed by atoms with Crippen LogP contribution in [0.3, 0.4) is 0 Å². The highest BCUT2D eigenvalue weighted by molar-refractivity contribution is 5.81. The number of carbonyl (C=O) groups is 1. The van der Waals surface area contributed by atoms with Crippen molar-refractivity contribution in [3.8, 4) is 17.0 Å². The van der Waals surface area contributed by atoms with Gasteiger partial charge in [0.25, 0.3) is 0 Å². The normalized spacial score (nSPS) is 25.8. The van der Waals surface area contributed by atoms with Crippen molar-refractivity contribution in [2.45, 2.75) is 32.2 Å². The summed E-state index contributed by atoms with van der Waals surface area (Å²) in [6.07, 6.45) is 9.80. The smallest absolute Gasteiger partial charge is 0.224 e. The van der Waals surface area contributed by atoms with Crippen LogP contribution >= 0.6 is 0 Å². The predicted molar refractivity (Wildman–Crippen MR) is 115 cm³/mol. The second-order valence-corrected chi connectivity index (χ2v) is 9.10. The largest absolute Gasteiger partial charge is 0.497 e. The second kappa shape index (κ2) is 6.64. The molecule has 1 amide bonds. The van der Waals surface area contributed by atoms with Crippen LogP contribution in [0.15, 0.2) is 48.8 Å². The average Bonchev–Trinajstić information content (AvgIpc) is 3.25. The molecule has 31 heavy (non-hydrogen) atoms. The quantitative estimate of drug-likeness (QED) is 0.644. The summed E-state index contributed by atoms with van der Waals surface area (Å²) in [7, 11) is 1.65. The fourth-order valence-electron chi connectivity index (χ4n) is 5.57. The minimum atomic E-state index is -0.255. The number of allylic oxidation sites excluding steroid dienone is 2. The van der Waals surface area contributed by atoms with E-state index < -0.39 is 0 Å². The fraction of sp³-hybridized carbons (Fsp3) is 0.417. The van der Waals surface area contributed by atoms with Gasteiger partial charge >= 0.3 is 0 Å². The van der Waals surface area contributed by atoms with E-state index in [2.05, 4.69) is 32.5 Å². The van der Waals surface area contributed by atoms with Gasteiger partial charge < -0.3 is 10.1 Å². The van der Waals surface area contributed by atoms with Gasteiger partial charge in [0.15, 0.2) is 11.5 Å². The van der Waals surface area contributed by atoms with Crippen LogP contribution in [0.25, 0.3) is 16.9 Å². The van der Waals surface area contributed by atoms with Crippen LogP contribution < -0.4 is 10.1 Å². The number of fused-ring (bicyclic) bond motifs is 1. The Kier molecular flexibility index (Phi) is 3.97. The molecule has 0 aliphatic heterocycles. The third kappa shape index (κ3) is 2.86. The molecule has 2 bridgehead atoms. The van der Waals surface area contributed by atoms with Crippen LogP contribution in [0.5, 0.6) is 5.75 Å². The van der Waals surface area contributed by atoms with Gasteiger partial charge in [-0.15, -0.1) is 5.10 Å². The summed E-state index contributed by atoms with van der Waals surface area (Å²) >= 11 is 0. The summed E-state index contributed by atoms with van der Waals surface area (Å²) < 4.78 is 6.88. The topological polar surface area (TPSA) is 81.4 Å². The molecule has 6 rings (SSSR count). The van der Waals surface area contributed by atoms with Crippen molar-refractivity contribution in [3.63, 3.8) is 0 Å². The number of benzene rings is 1. The Morgan fingerprint density at radius 3 is 2.77 bits per heavy atom. The first-order chi connectivity index (χ1) is 15.1. The van der Waals surface area contributed by atoms with E-state index in [1.165, 1.54) is 12.8 Å². The van der Waals surface area contributed by atoms with Crippen molar-refractivity contribution in [1.82, 2.24) is 24.9 Å². The Morgan fingerprint density at radius 2 is 2.06 bits per heavy atom. The predicted octanol–water partition coefficient (Wildman–Crippen LogP) is 3.58. The Morgan fingerprint density at radius 1 is 1.26 bits per heavy atom. The zero-order valence-electron chi connectivity index (χ0n) is 17.7. The lowest BCUT2D eigenvalue weighted by molar-refractivity contribution is -0.126. The van der Waals surface area contributed by atoms with E-state index >= 15 is 0 Å². The number of methoxy groups -OCH3 is 1. The lowest BCUT2D eigenvalue weighted by atomic mass is 9.88. The van der Waals surface area contributed by atoms with Crippen LogP contribution in [0.1, 0.15) is 38.1 Å². The summed E-state index contributed by atoms with van der Waals surface area (Å²) in [5, 5.41) is 7.70. The third-order valence-corrected chi connectivity index (χ3v) is 7.44. The van der Waals surface area contributed by atoms with Crippen molar-refractivity contribution < 1.29 is 9.53 Å². The zero-order chi connectivity index (χ0) is 21.2. The van der Waals surface area contributed by atoms with Crippen molar-refractivity contribution in [2.24, 2.45) is 23.2 Å². The molecule has 2 aromatic heterocycles. The van der Waals surface area contributed by atoms with Gasteiger partial charge in [0.05, 0.1) is 18.8 Å². The van der Waals surface area contributed by atoms with Gasteiger partial charge in [0.2, 0.25) is 5.91 Å². The van der Waals surface area contributed by atoms with Crippen LogP contribution in [0, 0.1) is 23.2 Å². The van der Waals surface area contributed by atoms with Crippen LogP contribution in [0.2, 0.25) is 0 Å². The maximum absolute atomic E-state index is 13.0. The highest BCUT2D eigenvalue weighted by Crippen LogP contribution is 2.70. The van der Waals surface area contributed by atoms with Crippen molar-refractivity contribution in [1.29, 1.82) is 0 Å². The Labute approximate surface area is 180 Å². The van der Waals surface area contributed by atoms with Gasteiger partial charge in [-0.3, -0.25) is 4.79 Å². The highest BCUT2D eigenvalue weighted by atomic mass is 16.5. The molecule has 7 heteroatoms. The number of amides is 1. The molecule has 158 valence electrons. The third-order valence-electron chi connectivity index (χ3n) is 7.44. The van der Waals surface area contributed by atoms with Gasteiger partial charge in [0.1, 0.15) is 12.1 Å². The van der Waals surface area contributed by atoms with E-state index in [9.17, 15) is 4.79 Å². The summed E-state index contributed by atoms with van der Waals surface area (Å²) in [5.74, 6) is 2.63. The molecule has 4 atom stereocenters. The van der Waals surface area contributed by atoms with E-state index in [0.29, 0.717) is 28.7 Å². The maximum Gasteiger partial charge on any atom is 0.224 e. The summed E-state index contributed by atoms with van der Waals surface area (Å²) in [6.45, 7) is 1.94. The fourth-order valence-corrected chi connectivity index (χ4v) is 5.57. The van der Waals surface area contributed by atoms with E-state index in [1.807, 2.05) is 37.3 Å². The minimum absolute atomic E-state index is 0.0836. The zero-order valence-corrected chi connectivity index (χ0v) is 17.7. The van der Waals surface area contributed by atoms with Crippen LogP contribution in [-0.2, 0) is 4.79 Å². The first-order valence-electron chi connectivity index (χ1n) is 10.9. The SMILES string of the molecule is COc1ccc(-c2cc3nc([C@H](C)NC(=O)[C@H]4C[C@@H]5C=C[C@@H]4C54CC4)nn3cn2)cc1. The van der Waals surface area contributed by atoms with E-state index in [4.69, 9.17) is 4.74 Å². The molecule has 1 spiro atoms. The molecule has 3 aliphatic carbocycles. The number of hydrogen-bond donors (Lipinski definition) is 1. The van der Waals surface area contributed by atoms with E-state index in [1.54, 1.807) is 18.0 Å². The maximum atomic E-state index is 13.0. The van der Waals surface area contributed by atoms with Gasteiger partial charge in [-0.25, -0.2) is 14.5 Å². The molecule has 0 unspecified atom stereocenters. The molecule has 2 saturated carbocycles. The monoisotopic (exact) mass is 415 g/mol. The molecule has 2 heterocycles. The molecule has 2 fully saturated rings. The number of hydrogen-bond acceptors (Lipinski definition) is 5. The molecular weight excluding hydrogens is 390 g/mol. The number of nitrogens with one attached hydrogen (secondary N) is 1.